The fourth-order valence-electron chi connectivity index (χ4n) is 5.00. The van der Waals surface area contributed by atoms with Crippen molar-refractivity contribution in [1.29, 1.82) is 0 Å². The molecular formula is C38H41N5O7. The highest BCUT2D eigenvalue weighted by Crippen LogP contribution is 2.24. The van der Waals surface area contributed by atoms with E-state index in [1.165, 1.54) is 21.8 Å². The van der Waals surface area contributed by atoms with Crippen molar-refractivity contribution in [1.82, 2.24) is 5.32 Å². The SMILES string of the molecule is COC(=O)Cc1cccc(NC(=O)NCC(=O)N(CC(=O)N(C)c2ccccc2)c2cccc(OCC(=O)N(C)c3cccc(C)c3C)c2)c1. The second-order valence-corrected chi connectivity index (χ2v) is 11.5. The van der Waals surface area contributed by atoms with Crippen LogP contribution in [0.2, 0.25) is 0 Å². The number of esters is 1. The minimum absolute atomic E-state index is 0.0343. The summed E-state index contributed by atoms with van der Waals surface area (Å²) in [5, 5.41) is 5.19. The van der Waals surface area contributed by atoms with Crippen LogP contribution >= 0.6 is 0 Å². The zero-order valence-corrected chi connectivity index (χ0v) is 28.8. The van der Waals surface area contributed by atoms with Crippen molar-refractivity contribution in [2.24, 2.45) is 0 Å². The number of carbonyl (C=O) groups excluding carboxylic acids is 5. The van der Waals surface area contributed by atoms with Gasteiger partial charge in [0.2, 0.25) is 11.8 Å². The number of aryl methyl sites for hydroxylation is 1. The zero-order chi connectivity index (χ0) is 36.2. The highest BCUT2D eigenvalue weighted by Gasteiger charge is 2.23. The summed E-state index contributed by atoms with van der Waals surface area (Å²) in [6.45, 7) is 2.87. The van der Waals surface area contributed by atoms with Gasteiger partial charge in [0.05, 0.1) is 20.1 Å². The first-order valence-corrected chi connectivity index (χ1v) is 15.8. The first kappa shape index (κ1) is 36.7. The smallest absolute Gasteiger partial charge is 0.319 e. The standard InChI is InChI=1S/C38H41N5O7/c1-26-12-9-19-33(27(26)2)42(4)36(46)25-50-32-18-11-17-31(22-32)43(24-35(45)41(3)30-15-7-6-8-16-30)34(44)23-39-38(48)40-29-14-10-13-28(20-29)21-37(47)49-5/h6-20,22H,21,23-25H2,1-5H3,(H2,39,40,48). The van der Waals surface area contributed by atoms with Crippen LogP contribution in [0.15, 0.2) is 97.1 Å². The van der Waals surface area contributed by atoms with Crippen LogP contribution < -0.4 is 30.1 Å². The van der Waals surface area contributed by atoms with E-state index in [0.717, 1.165) is 16.8 Å². The zero-order valence-electron chi connectivity index (χ0n) is 28.8. The quantitative estimate of drug-likeness (QED) is 0.192. The molecular weight excluding hydrogens is 638 g/mol. The number of amides is 5. The number of urea groups is 1. The van der Waals surface area contributed by atoms with Gasteiger partial charge in [-0.1, -0.05) is 48.5 Å². The molecule has 2 N–H and O–H groups in total. The molecule has 0 unspecified atom stereocenters. The van der Waals surface area contributed by atoms with Gasteiger partial charge < -0.3 is 34.8 Å². The van der Waals surface area contributed by atoms with Crippen LogP contribution in [-0.2, 0) is 30.3 Å². The molecule has 50 heavy (non-hydrogen) atoms. The fourth-order valence-corrected chi connectivity index (χ4v) is 5.00. The van der Waals surface area contributed by atoms with Gasteiger partial charge in [0.15, 0.2) is 6.61 Å². The first-order chi connectivity index (χ1) is 24.0. The molecule has 0 saturated heterocycles. The minimum atomic E-state index is -0.662. The van der Waals surface area contributed by atoms with Crippen LogP contribution in [0.4, 0.5) is 27.5 Å². The maximum atomic E-state index is 13.6. The van der Waals surface area contributed by atoms with Crippen LogP contribution in [0, 0.1) is 13.8 Å². The number of hydrogen-bond donors (Lipinski definition) is 2. The number of methoxy groups -OCH3 is 1. The van der Waals surface area contributed by atoms with Crippen LogP contribution in [0.5, 0.6) is 5.75 Å². The summed E-state index contributed by atoms with van der Waals surface area (Å²) in [5.41, 5.74) is 4.84. The molecule has 0 aliphatic heterocycles. The summed E-state index contributed by atoms with van der Waals surface area (Å²) in [5.74, 6) is -1.34. The summed E-state index contributed by atoms with van der Waals surface area (Å²) in [6.07, 6.45) is 0.0343. The molecule has 4 aromatic carbocycles. The highest BCUT2D eigenvalue weighted by atomic mass is 16.5. The summed E-state index contributed by atoms with van der Waals surface area (Å²) < 4.78 is 10.5. The van der Waals surface area contributed by atoms with E-state index in [2.05, 4.69) is 10.6 Å². The van der Waals surface area contributed by atoms with E-state index < -0.39 is 24.5 Å². The van der Waals surface area contributed by atoms with Crippen molar-refractivity contribution in [3.8, 4) is 5.75 Å². The third kappa shape index (κ3) is 9.92. The lowest BCUT2D eigenvalue weighted by atomic mass is 10.1. The maximum absolute atomic E-state index is 13.6. The van der Waals surface area contributed by atoms with Gasteiger partial charge in [-0.2, -0.15) is 0 Å². The lowest BCUT2D eigenvalue weighted by Gasteiger charge is -2.26. The normalized spacial score (nSPS) is 10.4. The van der Waals surface area contributed by atoms with Crippen LogP contribution in [0.1, 0.15) is 16.7 Å². The molecule has 5 amide bonds. The van der Waals surface area contributed by atoms with Crippen molar-refractivity contribution >= 4 is 52.5 Å². The Labute approximate surface area is 291 Å². The van der Waals surface area contributed by atoms with E-state index in [-0.39, 0.29) is 31.4 Å². The number of ether oxygens (including phenoxy) is 2. The van der Waals surface area contributed by atoms with Gasteiger partial charge in [-0.25, -0.2) is 4.79 Å². The molecule has 0 atom stereocenters. The second-order valence-electron chi connectivity index (χ2n) is 11.5. The summed E-state index contributed by atoms with van der Waals surface area (Å²) >= 11 is 0. The van der Waals surface area contributed by atoms with Crippen molar-refractivity contribution in [3.05, 3.63) is 114 Å². The first-order valence-electron chi connectivity index (χ1n) is 15.8. The van der Waals surface area contributed by atoms with E-state index in [1.807, 2.05) is 38.1 Å². The molecule has 0 spiro atoms. The highest BCUT2D eigenvalue weighted by molar-refractivity contribution is 6.05. The van der Waals surface area contributed by atoms with E-state index in [4.69, 9.17) is 9.47 Å². The maximum Gasteiger partial charge on any atom is 0.319 e. The second kappa shape index (κ2) is 17.3. The molecule has 4 aromatic rings. The number of nitrogens with one attached hydrogen (secondary N) is 2. The van der Waals surface area contributed by atoms with Gasteiger partial charge in [-0.05, 0) is 73.0 Å². The van der Waals surface area contributed by atoms with E-state index in [9.17, 15) is 24.0 Å². The molecule has 12 heteroatoms. The summed E-state index contributed by atoms with van der Waals surface area (Å²) in [7, 11) is 4.59. The van der Waals surface area contributed by atoms with Gasteiger partial charge >= 0.3 is 12.0 Å². The fraction of sp³-hybridized carbons (Fsp3) is 0.237. The molecule has 0 bridgehead atoms. The number of benzene rings is 4. The van der Waals surface area contributed by atoms with Crippen molar-refractivity contribution in [2.45, 2.75) is 20.3 Å². The van der Waals surface area contributed by atoms with Crippen molar-refractivity contribution < 1.29 is 33.4 Å². The average Bonchev–Trinajstić information content (AvgIpc) is 3.12. The Balaban J connectivity index is 1.47. The number of rotatable bonds is 13. The van der Waals surface area contributed by atoms with E-state index in [0.29, 0.717) is 28.4 Å². The third-order valence-corrected chi connectivity index (χ3v) is 8.08. The Morgan fingerprint density at radius 3 is 2.16 bits per heavy atom. The molecule has 0 radical (unpaired) electrons. The predicted octanol–water partition coefficient (Wildman–Crippen LogP) is 4.88. The number of hydrogen-bond acceptors (Lipinski definition) is 7. The largest absolute Gasteiger partial charge is 0.484 e. The Kier molecular flexibility index (Phi) is 12.7. The molecule has 0 heterocycles. The molecule has 0 fully saturated rings. The number of para-hydroxylation sites is 1. The Bertz CT molecular complexity index is 1850. The molecule has 0 aliphatic rings. The van der Waals surface area contributed by atoms with E-state index >= 15 is 0 Å². The van der Waals surface area contributed by atoms with Crippen LogP contribution in [-0.4, -0.2) is 70.6 Å². The lowest BCUT2D eigenvalue weighted by molar-refractivity contribution is -0.139. The Morgan fingerprint density at radius 2 is 1.42 bits per heavy atom. The van der Waals surface area contributed by atoms with Crippen LogP contribution in [0.3, 0.4) is 0 Å². The van der Waals surface area contributed by atoms with E-state index in [1.54, 1.807) is 86.9 Å². The van der Waals surface area contributed by atoms with Crippen molar-refractivity contribution in [3.63, 3.8) is 0 Å². The molecule has 0 saturated carbocycles. The Hall–Kier alpha value is -6.17. The number of carbonyl (C=O) groups is 5. The van der Waals surface area contributed by atoms with Crippen molar-refractivity contribution in [2.75, 3.05) is 60.9 Å². The summed E-state index contributed by atoms with van der Waals surface area (Å²) in [4.78, 5) is 68.7. The molecule has 260 valence electrons. The Morgan fingerprint density at radius 1 is 0.720 bits per heavy atom. The number of anilines is 4. The van der Waals surface area contributed by atoms with Gasteiger partial charge in [-0.15, -0.1) is 0 Å². The van der Waals surface area contributed by atoms with Gasteiger partial charge in [0.25, 0.3) is 5.91 Å². The van der Waals surface area contributed by atoms with Gasteiger partial charge in [0.1, 0.15) is 12.3 Å². The summed E-state index contributed by atoms with van der Waals surface area (Å²) in [6, 6.07) is 27.2. The monoisotopic (exact) mass is 679 g/mol. The lowest BCUT2D eigenvalue weighted by Crippen LogP contribution is -2.46. The van der Waals surface area contributed by atoms with Gasteiger partial charge in [0, 0.05) is 42.9 Å². The van der Waals surface area contributed by atoms with Crippen LogP contribution in [0.25, 0.3) is 0 Å². The number of nitrogens with zero attached hydrogens (tertiary/aromatic N) is 3. The topological polar surface area (TPSA) is 138 Å². The minimum Gasteiger partial charge on any atom is -0.484 e. The molecule has 0 aliphatic carbocycles. The third-order valence-electron chi connectivity index (χ3n) is 8.08. The molecule has 12 nitrogen and oxygen atoms in total. The predicted molar refractivity (Wildman–Crippen MR) is 193 cm³/mol. The van der Waals surface area contributed by atoms with Gasteiger partial charge in [-0.3, -0.25) is 19.2 Å². The molecule has 0 aromatic heterocycles. The average molecular weight is 680 g/mol. The number of likely N-dealkylation sites (N-methyl/N-ethyl adjacent to an activating group) is 2. The molecule has 4 rings (SSSR count).